The monoisotopic (exact) mass is 399 g/mol. The zero-order valence-corrected chi connectivity index (χ0v) is 14.8. The van der Waals surface area contributed by atoms with Crippen molar-refractivity contribution in [2.75, 3.05) is 5.32 Å². The lowest BCUT2D eigenvalue weighted by molar-refractivity contribution is 0.578. The van der Waals surface area contributed by atoms with Crippen LogP contribution in [-0.4, -0.2) is 13.5 Å². The molecule has 22 heavy (non-hydrogen) atoms. The molecule has 0 heterocycles. The molecule has 0 fully saturated rings. The third kappa shape index (κ3) is 4.51. The number of thiocarbonyl (C=S) groups is 1. The molecule has 0 bridgehead atoms. The molecule has 2 aromatic rings. The van der Waals surface area contributed by atoms with Crippen LogP contribution in [0.2, 0.25) is 0 Å². The number of anilines is 1. The Balaban J connectivity index is 1.98. The van der Waals surface area contributed by atoms with Gasteiger partial charge in [-0.15, -0.1) is 4.83 Å². The second kappa shape index (κ2) is 7.19. The van der Waals surface area contributed by atoms with E-state index in [1.165, 1.54) is 12.1 Å². The summed E-state index contributed by atoms with van der Waals surface area (Å²) < 4.78 is 24.9. The maximum atomic E-state index is 12.0. The van der Waals surface area contributed by atoms with Gasteiger partial charge in [-0.05, 0) is 64.9 Å². The van der Waals surface area contributed by atoms with Gasteiger partial charge in [-0.3, -0.25) is 5.43 Å². The van der Waals surface area contributed by atoms with Gasteiger partial charge in [0.1, 0.15) is 0 Å². The van der Waals surface area contributed by atoms with Crippen molar-refractivity contribution >= 4 is 49.0 Å². The fourth-order valence-electron chi connectivity index (χ4n) is 1.65. The van der Waals surface area contributed by atoms with Crippen LogP contribution in [0.25, 0.3) is 0 Å². The molecule has 0 spiro atoms. The van der Waals surface area contributed by atoms with Crippen LogP contribution in [-0.2, 0) is 10.0 Å². The Morgan fingerprint density at radius 1 is 1.14 bits per heavy atom. The molecule has 0 radical (unpaired) electrons. The minimum Gasteiger partial charge on any atom is -0.331 e. The van der Waals surface area contributed by atoms with Gasteiger partial charge in [0.25, 0.3) is 10.0 Å². The van der Waals surface area contributed by atoms with Gasteiger partial charge in [0, 0.05) is 4.47 Å². The van der Waals surface area contributed by atoms with Crippen LogP contribution >= 0.6 is 28.1 Å². The number of sulfonamides is 1. The van der Waals surface area contributed by atoms with Crippen molar-refractivity contribution in [1.82, 2.24) is 10.3 Å². The van der Waals surface area contributed by atoms with Crippen molar-refractivity contribution in [2.24, 2.45) is 0 Å². The van der Waals surface area contributed by atoms with Gasteiger partial charge in [0.2, 0.25) is 0 Å². The van der Waals surface area contributed by atoms with Crippen LogP contribution in [0, 0.1) is 6.92 Å². The highest BCUT2D eigenvalue weighted by Gasteiger charge is 2.13. The van der Waals surface area contributed by atoms with E-state index in [9.17, 15) is 8.42 Å². The van der Waals surface area contributed by atoms with Crippen molar-refractivity contribution in [3.05, 3.63) is 58.6 Å². The second-order valence-corrected chi connectivity index (χ2v) is 7.43. The first-order chi connectivity index (χ1) is 10.4. The van der Waals surface area contributed by atoms with E-state index in [1.54, 1.807) is 18.2 Å². The number of rotatable bonds is 4. The molecule has 0 aromatic heterocycles. The van der Waals surface area contributed by atoms with Gasteiger partial charge < -0.3 is 5.32 Å². The molecular weight excluding hydrogens is 386 g/mol. The Labute approximate surface area is 143 Å². The Bertz CT molecular complexity index is 780. The summed E-state index contributed by atoms with van der Waals surface area (Å²) >= 11 is 8.49. The Kier molecular flexibility index (Phi) is 5.52. The van der Waals surface area contributed by atoms with E-state index >= 15 is 0 Å². The van der Waals surface area contributed by atoms with Crippen molar-refractivity contribution in [1.29, 1.82) is 0 Å². The van der Waals surface area contributed by atoms with Gasteiger partial charge in [-0.1, -0.05) is 24.3 Å². The standard InChI is InChI=1S/C14H14BrN3O2S2/c1-10-7-8-13(12(15)9-10)16-14(21)17-18-22(19,20)11-5-3-2-4-6-11/h2-9,18H,1H3,(H2,16,17,21). The lowest BCUT2D eigenvalue weighted by atomic mass is 10.2. The van der Waals surface area contributed by atoms with Gasteiger partial charge in [-0.25, -0.2) is 8.42 Å². The molecule has 0 aliphatic rings. The van der Waals surface area contributed by atoms with Gasteiger partial charge >= 0.3 is 0 Å². The molecule has 3 N–H and O–H groups in total. The average molecular weight is 400 g/mol. The SMILES string of the molecule is Cc1ccc(NC(=S)NNS(=O)(=O)c2ccccc2)c(Br)c1. The van der Waals surface area contributed by atoms with Crippen LogP contribution < -0.4 is 15.6 Å². The van der Waals surface area contributed by atoms with Gasteiger partial charge in [-0.2, -0.15) is 0 Å². The molecular formula is C14H14BrN3O2S2. The quantitative estimate of drug-likeness (QED) is 0.544. The molecule has 8 heteroatoms. The Morgan fingerprint density at radius 3 is 2.45 bits per heavy atom. The predicted octanol–water partition coefficient (Wildman–Crippen LogP) is 2.94. The minimum absolute atomic E-state index is 0.143. The van der Waals surface area contributed by atoms with E-state index in [0.717, 1.165) is 15.7 Å². The summed E-state index contributed by atoms with van der Waals surface area (Å²) in [7, 11) is -3.66. The summed E-state index contributed by atoms with van der Waals surface area (Å²) in [6.45, 7) is 1.97. The molecule has 0 amide bonds. The molecule has 0 unspecified atom stereocenters. The van der Waals surface area contributed by atoms with E-state index in [1.807, 2.05) is 25.1 Å². The molecule has 0 saturated heterocycles. The highest BCUT2D eigenvalue weighted by Crippen LogP contribution is 2.23. The van der Waals surface area contributed by atoms with E-state index in [0.29, 0.717) is 0 Å². The van der Waals surface area contributed by atoms with Crippen LogP contribution in [0.5, 0.6) is 0 Å². The van der Waals surface area contributed by atoms with E-state index in [-0.39, 0.29) is 10.0 Å². The maximum Gasteiger partial charge on any atom is 0.257 e. The van der Waals surface area contributed by atoms with Gasteiger partial charge in [0.05, 0.1) is 10.6 Å². The van der Waals surface area contributed by atoms with E-state index in [4.69, 9.17) is 12.2 Å². The summed E-state index contributed by atoms with van der Waals surface area (Å²) in [5.41, 5.74) is 4.31. The zero-order chi connectivity index (χ0) is 16.2. The molecule has 116 valence electrons. The molecule has 0 aliphatic carbocycles. The van der Waals surface area contributed by atoms with Crippen LogP contribution in [0.15, 0.2) is 57.9 Å². The molecule has 0 atom stereocenters. The predicted molar refractivity (Wildman–Crippen MR) is 95.0 cm³/mol. The summed E-state index contributed by atoms with van der Waals surface area (Å²) in [4.78, 5) is 2.38. The first kappa shape index (κ1) is 16.9. The number of benzene rings is 2. The summed E-state index contributed by atoms with van der Waals surface area (Å²) in [5.74, 6) is 0. The topological polar surface area (TPSA) is 70.2 Å². The van der Waals surface area contributed by atoms with E-state index < -0.39 is 10.0 Å². The number of aryl methyl sites for hydroxylation is 1. The largest absolute Gasteiger partial charge is 0.331 e. The average Bonchev–Trinajstić information content (AvgIpc) is 2.49. The van der Waals surface area contributed by atoms with Crippen LogP contribution in [0.3, 0.4) is 0 Å². The minimum atomic E-state index is -3.66. The normalized spacial score (nSPS) is 11.0. The van der Waals surface area contributed by atoms with Crippen molar-refractivity contribution < 1.29 is 8.42 Å². The fraction of sp³-hybridized carbons (Fsp3) is 0.0714. The number of hydrogen-bond donors (Lipinski definition) is 3. The maximum absolute atomic E-state index is 12.0. The summed E-state index contributed by atoms with van der Waals surface area (Å²) in [6, 6.07) is 13.7. The molecule has 5 nitrogen and oxygen atoms in total. The number of halogens is 1. The third-order valence-electron chi connectivity index (χ3n) is 2.73. The van der Waals surface area contributed by atoms with Gasteiger partial charge in [0.15, 0.2) is 5.11 Å². The lowest BCUT2D eigenvalue weighted by Crippen LogP contribution is -2.43. The first-order valence-electron chi connectivity index (χ1n) is 6.28. The third-order valence-corrected chi connectivity index (χ3v) is 4.85. The smallest absolute Gasteiger partial charge is 0.257 e. The number of hydrogen-bond acceptors (Lipinski definition) is 3. The number of hydrazine groups is 1. The zero-order valence-electron chi connectivity index (χ0n) is 11.6. The second-order valence-electron chi connectivity index (χ2n) is 4.48. The molecule has 2 rings (SSSR count). The highest BCUT2D eigenvalue weighted by atomic mass is 79.9. The van der Waals surface area contributed by atoms with Crippen molar-refractivity contribution in [3.63, 3.8) is 0 Å². The van der Waals surface area contributed by atoms with Crippen LogP contribution in [0.1, 0.15) is 5.56 Å². The first-order valence-corrected chi connectivity index (χ1v) is 8.97. The highest BCUT2D eigenvalue weighted by molar-refractivity contribution is 9.10. The number of nitrogens with one attached hydrogen (secondary N) is 3. The summed E-state index contributed by atoms with van der Waals surface area (Å²) in [6.07, 6.45) is 0. The summed E-state index contributed by atoms with van der Waals surface area (Å²) in [5, 5.41) is 3.05. The Hall–Kier alpha value is -1.48. The molecule has 0 saturated carbocycles. The van der Waals surface area contributed by atoms with Crippen LogP contribution in [0.4, 0.5) is 5.69 Å². The van der Waals surface area contributed by atoms with Crippen molar-refractivity contribution in [2.45, 2.75) is 11.8 Å². The van der Waals surface area contributed by atoms with Crippen molar-refractivity contribution in [3.8, 4) is 0 Å². The van der Waals surface area contributed by atoms with E-state index in [2.05, 4.69) is 31.5 Å². The molecule has 2 aromatic carbocycles. The Morgan fingerprint density at radius 2 is 1.82 bits per heavy atom. The molecule has 0 aliphatic heterocycles. The lowest BCUT2D eigenvalue weighted by Gasteiger charge is -2.13. The fourth-order valence-corrected chi connectivity index (χ4v) is 3.33.